The van der Waals surface area contributed by atoms with E-state index in [2.05, 4.69) is 83.1 Å². The number of unbranched alkanes of at least 4 members (excludes halogenated alkanes) is 2. The molecule has 3 N–H and O–H groups in total. The molecule has 0 unspecified atom stereocenters. The van der Waals surface area contributed by atoms with Crippen molar-refractivity contribution in [3.8, 4) is 0 Å². The molecule has 0 spiro atoms. The molecule has 39 heavy (non-hydrogen) atoms. The third kappa shape index (κ3) is 24.4. The minimum Gasteiger partial charge on any atom is -0.480 e. The normalized spacial score (nSPS) is 12.9. The lowest BCUT2D eigenvalue weighted by molar-refractivity contribution is -0.141. The molecule has 0 fully saturated rings. The molecule has 8 heteroatoms. The van der Waals surface area contributed by atoms with Crippen molar-refractivity contribution in [3.63, 3.8) is 0 Å². The predicted molar refractivity (Wildman–Crippen MR) is 156 cm³/mol. The Labute approximate surface area is 233 Å². The first-order chi connectivity index (χ1) is 18.9. The number of aliphatic carboxylic acids is 1. The number of amides is 2. The Morgan fingerprint density at radius 1 is 0.769 bits per heavy atom. The van der Waals surface area contributed by atoms with Gasteiger partial charge >= 0.3 is 11.9 Å². The Balaban J connectivity index is 3.83. The average Bonchev–Trinajstić information content (AvgIpc) is 2.92. The van der Waals surface area contributed by atoms with E-state index in [1.807, 2.05) is 0 Å². The Morgan fingerprint density at radius 3 is 1.87 bits per heavy atom. The number of esters is 1. The van der Waals surface area contributed by atoms with Gasteiger partial charge in [-0.15, -0.1) is 0 Å². The van der Waals surface area contributed by atoms with Gasteiger partial charge in [0, 0.05) is 25.1 Å². The third-order valence-corrected chi connectivity index (χ3v) is 5.36. The summed E-state index contributed by atoms with van der Waals surface area (Å²) in [6.07, 6.45) is 31.6. The maximum atomic E-state index is 11.9. The van der Waals surface area contributed by atoms with E-state index in [0.29, 0.717) is 25.8 Å². The standard InChI is InChI=1S/C31H46N2O6/c1-3-4-5-6-7-8-9-10-11-12-13-14-15-16-17-18-19-23-28(34)32-26-21-20-22-27(31(37)38)33-29(35)24-25-30(36)39-2/h4-5,7-8,10-11,13-14,16-17,24-25,27H,3,6,9,12,15,18-23,26H2,1-2H3,(H,32,34)(H,33,35)(H,37,38)/t27-/m0/s1. The number of hydrogen-bond donors (Lipinski definition) is 3. The molecule has 0 bridgehead atoms. The van der Waals surface area contributed by atoms with Gasteiger partial charge in [-0.25, -0.2) is 9.59 Å². The van der Waals surface area contributed by atoms with Crippen LogP contribution >= 0.6 is 0 Å². The van der Waals surface area contributed by atoms with Crippen molar-refractivity contribution in [2.45, 2.75) is 83.6 Å². The number of carboxylic acid groups (broad SMARTS) is 1. The second kappa shape index (κ2) is 25.9. The molecule has 216 valence electrons. The molecule has 1 atom stereocenters. The molecular weight excluding hydrogens is 496 g/mol. The fourth-order valence-electron chi connectivity index (χ4n) is 3.23. The van der Waals surface area contributed by atoms with Crippen LogP contribution in [0.3, 0.4) is 0 Å². The summed E-state index contributed by atoms with van der Waals surface area (Å²) in [6, 6.07) is -1.07. The van der Waals surface area contributed by atoms with Crippen LogP contribution in [-0.2, 0) is 23.9 Å². The van der Waals surface area contributed by atoms with Crippen LogP contribution in [0.2, 0.25) is 0 Å². The number of ether oxygens (including phenoxy) is 1. The van der Waals surface area contributed by atoms with Crippen molar-refractivity contribution in [1.82, 2.24) is 10.6 Å². The SMILES string of the molecule is CCC=CCC=CCC=CCC=CCC=CCCCC(=O)NCCCC[C@H](NC(=O)C=CC(=O)OC)C(=O)O. The predicted octanol–water partition coefficient (Wildman–Crippen LogP) is 5.49. The first-order valence-corrected chi connectivity index (χ1v) is 13.7. The quantitative estimate of drug-likeness (QED) is 0.0719. The van der Waals surface area contributed by atoms with E-state index in [-0.39, 0.29) is 12.3 Å². The van der Waals surface area contributed by atoms with E-state index in [4.69, 9.17) is 0 Å². The lowest BCUT2D eigenvalue weighted by atomic mass is 10.1. The van der Waals surface area contributed by atoms with Gasteiger partial charge in [-0.3, -0.25) is 9.59 Å². The zero-order chi connectivity index (χ0) is 29.0. The van der Waals surface area contributed by atoms with Gasteiger partial charge in [-0.2, -0.15) is 0 Å². The summed E-state index contributed by atoms with van der Waals surface area (Å²) in [4.78, 5) is 46.0. The molecule has 0 saturated heterocycles. The first-order valence-electron chi connectivity index (χ1n) is 13.7. The lowest BCUT2D eigenvalue weighted by Gasteiger charge is -2.13. The maximum Gasteiger partial charge on any atom is 0.330 e. The van der Waals surface area contributed by atoms with Crippen LogP contribution in [0.25, 0.3) is 0 Å². The van der Waals surface area contributed by atoms with Crippen molar-refractivity contribution in [2.75, 3.05) is 13.7 Å². The topological polar surface area (TPSA) is 122 Å². The molecule has 0 aromatic heterocycles. The summed E-state index contributed by atoms with van der Waals surface area (Å²) >= 11 is 0. The number of methoxy groups -OCH3 is 1. The van der Waals surface area contributed by atoms with Crippen molar-refractivity contribution in [2.24, 2.45) is 0 Å². The van der Waals surface area contributed by atoms with E-state index in [0.717, 1.165) is 57.1 Å². The van der Waals surface area contributed by atoms with E-state index in [1.54, 1.807) is 0 Å². The molecule has 0 aromatic carbocycles. The Morgan fingerprint density at radius 2 is 1.33 bits per heavy atom. The summed E-state index contributed by atoms with van der Waals surface area (Å²) in [7, 11) is 1.18. The number of carbonyl (C=O) groups is 4. The van der Waals surface area contributed by atoms with Gasteiger partial charge in [-0.05, 0) is 64.2 Å². The number of rotatable bonds is 22. The molecule has 0 aromatic rings. The molecule has 0 aliphatic rings. The highest BCUT2D eigenvalue weighted by Crippen LogP contribution is 2.03. The van der Waals surface area contributed by atoms with Crippen LogP contribution < -0.4 is 10.6 Å². The number of carboxylic acids is 1. The molecule has 0 heterocycles. The van der Waals surface area contributed by atoms with Gasteiger partial charge in [0.05, 0.1) is 7.11 Å². The molecule has 0 aliphatic heterocycles. The fourth-order valence-corrected chi connectivity index (χ4v) is 3.23. The minimum absolute atomic E-state index is 0.0293. The van der Waals surface area contributed by atoms with Crippen LogP contribution in [0.1, 0.15) is 77.6 Å². The summed E-state index contributed by atoms with van der Waals surface area (Å²) in [5.74, 6) is -2.58. The summed E-state index contributed by atoms with van der Waals surface area (Å²) < 4.78 is 4.38. The number of nitrogens with one attached hydrogen (secondary N) is 2. The van der Waals surface area contributed by atoms with Crippen molar-refractivity contribution < 1.29 is 29.0 Å². The molecule has 0 saturated carbocycles. The van der Waals surface area contributed by atoms with Gasteiger partial charge in [0.2, 0.25) is 11.8 Å². The molecule has 0 rings (SSSR count). The van der Waals surface area contributed by atoms with Gasteiger partial charge in [0.15, 0.2) is 0 Å². The van der Waals surface area contributed by atoms with Crippen LogP contribution in [0.5, 0.6) is 0 Å². The molecule has 0 radical (unpaired) electrons. The number of carbonyl (C=O) groups excluding carboxylic acids is 3. The Bertz CT molecular complexity index is 884. The zero-order valence-corrected chi connectivity index (χ0v) is 23.5. The van der Waals surface area contributed by atoms with Crippen LogP contribution in [0, 0.1) is 0 Å². The van der Waals surface area contributed by atoms with Crippen LogP contribution in [0.4, 0.5) is 0 Å². The van der Waals surface area contributed by atoms with E-state index in [9.17, 15) is 24.3 Å². The monoisotopic (exact) mass is 542 g/mol. The molecule has 2 amide bonds. The van der Waals surface area contributed by atoms with Crippen molar-refractivity contribution in [3.05, 3.63) is 72.9 Å². The smallest absolute Gasteiger partial charge is 0.330 e. The third-order valence-electron chi connectivity index (χ3n) is 5.36. The Hall–Kier alpha value is -3.68. The van der Waals surface area contributed by atoms with Gasteiger partial charge in [-0.1, -0.05) is 67.7 Å². The van der Waals surface area contributed by atoms with E-state index < -0.39 is 23.9 Å². The highest BCUT2D eigenvalue weighted by Gasteiger charge is 2.18. The van der Waals surface area contributed by atoms with Crippen molar-refractivity contribution in [1.29, 1.82) is 0 Å². The second-order valence-corrected chi connectivity index (χ2v) is 8.70. The van der Waals surface area contributed by atoms with Crippen LogP contribution in [0.15, 0.2) is 72.9 Å². The molecular formula is C31H46N2O6. The highest BCUT2D eigenvalue weighted by atomic mass is 16.5. The Kier molecular flexibility index (Phi) is 23.5. The van der Waals surface area contributed by atoms with E-state index in [1.165, 1.54) is 7.11 Å². The fraction of sp³-hybridized carbons (Fsp3) is 0.484. The second-order valence-electron chi connectivity index (χ2n) is 8.70. The molecule has 0 aliphatic carbocycles. The number of hydrogen-bond acceptors (Lipinski definition) is 5. The van der Waals surface area contributed by atoms with Gasteiger partial charge in [0.25, 0.3) is 0 Å². The summed E-state index contributed by atoms with van der Waals surface area (Å²) in [6.45, 7) is 2.58. The largest absolute Gasteiger partial charge is 0.480 e. The minimum atomic E-state index is -1.16. The first kappa shape index (κ1) is 35.3. The lowest BCUT2D eigenvalue weighted by Crippen LogP contribution is -2.40. The van der Waals surface area contributed by atoms with E-state index >= 15 is 0 Å². The average molecular weight is 543 g/mol. The maximum absolute atomic E-state index is 11.9. The summed E-state index contributed by atoms with van der Waals surface area (Å²) in [5.41, 5.74) is 0. The van der Waals surface area contributed by atoms with Crippen molar-refractivity contribution >= 4 is 23.8 Å². The molecule has 8 nitrogen and oxygen atoms in total. The van der Waals surface area contributed by atoms with Gasteiger partial charge in [0.1, 0.15) is 6.04 Å². The van der Waals surface area contributed by atoms with Crippen LogP contribution in [-0.4, -0.2) is 48.6 Å². The summed E-state index contributed by atoms with van der Waals surface area (Å²) in [5, 5.41) is 14.4. The number of allylic oxidation sites excluding steroid dienone is 10. The highest BCUT2D eigenvalue weighted by molar-refractivity contribution is 5.96. The zero-order valence-electron chi connectivity index (χ0n) is 23.5. The van der Waals surface area contributed by atoms with Gasteiger partial charge < -0.3 is 20.5 Å².